The first-order valence-electron chi connectivity index (χ1n) is 4.83. The molecule has 1 atom stereocenters. The van der Waals surface area contributed by atoms with Crippen molar-refractivity contribution in [2.75, 3.05) is 19.1 Å². The fourth-order valence-corrected chi connectivity index (χ4v) is 1.95. The molecule has 1 unspecified atom stereocenters. The van der Waals surface area contributed by atoms with Crippen LogP contribution in [0.2, 0.25) is 0 Å². The number of hydrogen-bond acceptors (Lipinski definition) is 6. The summed E-state index contributed by atoms with van der Waals surface area (Å²) in [6.45, 7) is 4.84. The second kappa shape index (κ2) is 7.98. The molecule has 0 rings (SSSR count). The van der Waals surface area contributed by atoms with Crippen molar-refractivity contribution in [1.82, 2.24) is 4.72 Å². The van der Waals surface area contributed by atoms with Crippen LogP contribution in [0.4, 0.5) is 0 Å². The molecule has 0 heterocycles. The molecule has 0 bridgehead atoms. The summed E-state index contributed by atoms with van der Waals surface area (Å²) >= 11 is 0. The molecule has 0 aliphatic rings. The third-order valence-corrected chi connectivity index (χ3v) is 2.44. The van der Waals surface area contributed by atoms with Crippen LogP contribution in [0.1, 0.15) is 20.8 Å². The third kappa shape index (κ3) is 25.8. The van der Waals surface area contributed by atoms with Crippen molar-refractivity contribution in [2.24, 2.45) is 0 Å². The molecular formula is C8H21NO6S2. The van der Waals surface area contributed by atoms with Crippen molar-refractivity contribution >= 4 is 20.1 Å². The largest absolute Gasteiger partial charge is 0.391 e. The summed E-state index contributed by atoms with van der Waals surface area (Å²) in [6, 6.07) is 0.00463. The van der Waals surface area contributed by atoms with Gasteiger partial charge in [0.05, 0.1) is 25.2 Å². The Kier molecular flexibility index (Phi) is 8.98. The molecule has 0 spiro atoms. The second-order valence-corrected chi connectivity index (χ2v) is 7.31. The van der Waals surface area contributed by atoms with E-state index in [1.165, 1.54) is 6.92 Å². The highest BCUT2D eigenvalue weighted by molar-refractivity contribution is 7.88. The number of hydrogen-bond donors (Lipinski definition) is 2. The maximum atomic E-state index is 10.3. The van der Waals surface area contributed by atoms with Gasteiger partial charge >= 0.3 is 0 Å². The Morgan fingerprint density at radius 2 is 1.53 bits per heavy atom. The predicted octanol–water partition coefficient (Wildman–Crippen LogP) is -0.713. The van der Waals surface area contributed by atoms with Gasteiger partial charge in [0.25, 0.3) is 10.1 Å². The zero-order valence-electron chi connectivity index (χ0n) is 10.7. The highest BCUT2D eigenvalue weighted by Gasteiger charge is 2.03. The monoisotopic (exact) mass is 291 g/mol. The maximum Gasteiger partial charge on any atom is 0.264 e. The Balaban J connectivity index is 0. The van der Waals surface area contributed by atoms with E-state index in [1.54, 1.807) is 13.8 Å². The van der Waals surface area contributed by atoms with Crippen LogP contribution in [-0.2, 0) is 24.3 Å². The summed E-state index contributed by atoms with van der Waals surface area (Å²) in [5.74, 6) is 0. The lowest BCUT2D eigenvalue weighted by atomic mass is 10.4. The lowest BCUT2D eigenvalue weighted by Crippen LogP contribution is -2.28. The van der Waals surface area contributed by atoms with E-state index in [9.17, 15) is 16.8 Å². The molecule has 0 aliphatic heterocycles. The average Bonchev–Trinajstić information content (AvgIpc) is 1.95. The van der Waals surface area contributed by atoms with Gasteiger partial charge in [-0.1, -0.05) is 0 Å². The van der Waals surface area contributed by atoms with Crippen molar-refractivity contribution in [2.45, 2.75) is 32.9 Å². The van der Waals surface area contributed by atoms with Gasteiger partial charge in [-0.3, -0.25) is 4.18 Å². The van der Waals surface area contributed by atoms with Crippen LogP contribution in [0.3, 0.4) is 0 Å². The van der Waals surface area contributed by atoms with Crippen LogP contribution in [0.25, 0.3) is 0 Å². The summed E-state index contributed by atoms with van der Waals surface area (Å²) in [5.41, 5.74) is 0. The fraction of sp³-hybridized carbons (Fsp3) is 1.00. The third-order valence-electron chi connectivity index (χ3n) is 0.973. The number of sulfonamides is 1. The molecule has 7 nitrogen and oxygen atoms in total. The summed E-state index contributed by atoms with van der Waals surface area (Å²) in [5, 5.41) is 8.53. The van der Waals surface area contributed by atoms with E-state index >= 15 is 0 Å². The standard InChI is InChI=1S/C4H11NO2S.C4H10O4S/c1-4(2)5-8(3,6)7;1-4(5)3-8-9(2,6)7/h4-5H,1-3H3;4-5H,3H2,1-2H3. The van der Waals surface area contributed by atoms with Crippen molar-refractivity contribution in [3.63, 3.8) is 0 Å². The van der Waals surface area contributed by atoms with Gasteiger partial charge in [0.2, 0.25) is 10.0 Å². The van der Waals surface area contributed by atoms with Gasteiger partial charge in [0, 0.05) is 6.04 Å². The van der Waals surface area contributed by atoms with E-state index in [0.29, 0.717) is 0 Å². The minimum absolute atomic E-state index is 0.00463. The van der Waals surface area contributed by atoms with Crippen molar-refractivity contribution in [3.05, 3.63) is 0 Å². The van der Waals surface area contributed by atoms with Gasteiger partial charge in [-0.15, -0.1) is 0 Å². The van der Waals surface area contributed by atoms with Gasteiger partial charge in [0.15, 0.2) is 0 Å². The Hall–Kier alpha value is -0.220. The molecule has 17 heavy (non-hydrogen) atoms. The Morgan fingerprint density at radius 3 is 1.59 bits per heavy atom. The van der Waals surface area contributed by atoms with Gasteiger partial charge in [0.1, 0.15) is 0 Å². The molecule has 0 aromatic heterocycles. The molecule has 0 aromatic rings. The SMILES string of the molecule is CC(C)NS(C)(=O)=O.CC(O)COS(C)(=O)=O. The number of aliphatic hydroxyl groups is 1. The summed E-state index contributed by atoms with van der Waals surface area (Å²) in [6.07, 6.45) is 1.35. The molecule has 0 saturated heterocycles. The molecule has 106 valence electrons. The van der Waals surface area contributed by atoms with Crippen molar-refractivity contribution < 1.29 is 26.1 Å². The smallest absolute Gasteiger partial charge is 0.264 e. The number of nitrogens with one attached hydrogen (secondary N) is 1. The number of aliphatic hydroxyl groups excluding tert-OH is 1. The van der Waals surface area contributed by atoms with Crippen molar-refractivity contribution in [1.29, 1.82) is 0 Å². The van der Waals surface area contributed by atoms with Crippen LogP contribution in [0.5, 0.6) is 0 Å². The molecule has 0 saturated carbocycles. The van der Waals surface area contributed by atoms with Gasteiger partial charge in [-0.05, 0) is 20.8 Å². The lowest BCUT2D eigenvalue weighted by molar-refractivity contribution is 0.126. The summed E-state index contributed by atoms with van der Waals surface area (Å²) < 4.78 is 47.6. The molecule has 9 heteroatoms. The highest BCUT2D eigenvalue weighted by atomic mass is 32.2. The Morgan fingerprint density at radius 1 is 1.12 bits per heavy atom. The molecule has 2 N–H and O–H groups in total. The second-order valence-electron chi connectivity index (χ2n) is 3.88. The van der Waals surface area contributed by atoms with Gasteiger partial charge < -0.3 is 5.11 Å². The molecule has 0 amide bonds. The highest BCUT2D eigenvalue weighted by Crippen LogP contribution is 1.88. The predicted molar refractivity (Wildman–Crippen MR) is 65.6 cm³/mol. The maximum absolute atomic E-state index is 10.3. The van der Waals surface area contributed by atoms with E-state index in [0.717, 1.165) is 12.5 Å². The van der Waals surface area contributed by atoms with E-state index in [1.807, 2.05) is 0 Å². The Bertz CT molecular complexity index is 384. The minimum atomic E-state index is -3.38. The van der Waals surface area contributed by atoms with E-state index in [4.69, 9.17) is 5.11 Å². The van der Waals surface area contributed by atoms with Crippen LogP contribution < -0.4 is 4.72 Å². The summed E-state index contributed by atoms with van der Waals surface area (Å²) in [4.78, 5) is 0. The average molecular weight is 291 g/mol. The van der Waals surface area contributed by atoms with Gasteiger partial charge in [-0.2, -0.15) is 8.42 Å². The Labute approximate surface area is 103 Å². The molecule has 0 radical (unpaired) electrons. The first kappa shape index (κ1) is 19.1. The van der Waals surface area contributed by atoms with Crippen LogP contribution >= 0.6 is 0 Å². The van der Waals surface area contributed by atoms with Crippen LogP contribution in [-0.4, -0.2) is 53.2 Å². The lowest BCUT2D eigenvalue weighted by Gasteiger charge is -2.02. The van der Waals surface area contributed by atoms with E-state index < -0.39 is 26.2 Å². The normalized spacial score (nSPS) is 14.1. The van der Waals surface area contributed by atoms with Crippen LogP contribution in [0.15, 0.2) is 0 Å². The quantitative estimate of drug-likeness (QED) is 0.647. The molecule has 0 aromatic carbocycles. The van der Waals surface area contributed by atoms with Gasteiger partial charge in [-0.25, -0.2) is 13.1 Å². The first-order valence-corrected chi connectivity index (χ1v) is 8.54. The summed E-state index contributed by atoms with van der Waals surface area (Å²) in [7, 11) is -6.35. The van der Waals surface area contributed by atoms with Crippen LogP contribution in [0, 0.1) is 0 Å². The van der Waals surface area contributed by atoms with E-state index in [2.05, 4.69) is 8.91 Å². The fourth-order valence-electron chi connectivity index (χ4n) is 0.650. The molecule has 0 aliphatic carbocycles. The zero-order valence-corrected chi connectivity index (χ0v) is 12.3. The zero-order chi connectivity index (χ0) is 14.3. The van der Waals surface area contributed by atoms with E-state index in [-0.39, 0.29) is 12.6 Å². The topological polar surface area (TPSA) is 110 Å². The first-order chi connectivity index (χ1) is 7.33. The minimum Gasteiger partial charge on any atom is -0.391 e. The molecule has 0 fully saturated rings. The van der Waals surface area contributed by atoms with Crippen molar-refractivity contribution in [3.8, 4) is 0 Å². The number of rotatable bonds is 5. The molecular weight excluding hydrogens is 270 g/mol.